The number of fused-ring (bicyclic) bond motifs is 1. The minimum absolute atomic E-state index is 0.0121. The molecule has 30 heavy (non-hydrogen) atoms. The van der Waals surface area contributed by atoms with Gasteiger partial charge in [-0.3, -0.25) is 9.78 Å². The van der Waals surface area contributed by atoms with Crippen LogP contribution in [0.15, 0.2) is 60.7 Å². The van der Waals surface area contributed by atoms with Crippen molar-refractivity contribution < 1.29 is 23.0 Å². The van der Waals surface area contributed by atoms with Crippen LogP contribution in [0.2, 0.25) is 5.02 Å². The Balaban J connectivity index is 1.40. The van der Waals surface area contributed by atoms with E-state index in [1.165, 1.54) is 12.1 Å². The van der Waals surface area contributed by atoms with Gasteiger partial charge in [0.2, 0.25) is 0 Å². The lowest BCUT2D eigenvalue weighted by molar-refractivity contribution is -0.286. The van der Waals surface area contributed by atoms with E-state index in [-0.39, 0.29) is 23.7 Å². The van der Waals surface area contributed by atoms with Gasteiger partial charge in [-0.2, -0.15) is 0 Å². The second-order valence-electron chi connectivity index (χ2n) is 7.51. The van der Waals surface area contributed by atoms with E-state index in [1.54, 1.807) is 18.2 Å². The van der Waals surface area contributed by atoms with Gasteiger partial charge in [-0.25, -0.2) is 0 Å². The zero-order chi connectivity index (χ0) is 20.9. The first-order chi connectivity index (χ1) is 14.4. The summed E-state index contributed by atoms with van der Waals surface area (Å²) in [5.74, 6) is -0.0895. The summed E-state index contributed by atoms with van der Waals surface area (Å²) in [7, 11) is 0. The molecule has 7 heteroatoms. The normalized spacial score (nSPS) is 17.6. The van der Waals surface area contributed by atoms with Crippen LogP contribution in [0.4, 0.5) is 8.78 Å². The quantitative estimate of drug-likeness (QED) is 0.534. The van der Waals surface area contributed by atoms with E-state index >= 15 is 0 Å². The molecular weight excluding hydrogens is 412 g/mol. The van der Waals surface area contributed by atoms with E-state index < -0.39 is 11.7 Å². The molecular formula is C23H16ClF2NO3. The number of benzene rings is 2. The van der Waals surface area contributed by atoms with E-state index in [0.717, 1.165) is 5.56 Å². The molecule has 1 aliphatic carbocycles. The monoisotopic (exact) mass is 427 g/mol. The third kappa shape index (κ3) is 3.31. The molecule has 1 aliphatic heterocycles. The number of ether oxygens (including phenoxy) is 2. The molecule has 2 aliphatic rings. The van der Waals surface area contributed by atoms with Gasteiger partial charge in [0, 0.05) is 17.7 Å². The molecule has 2 heterocycles. The predicted octanol–water partition coefficient (Wildman–Crippen LogP) is 5.57. The third-order valence-corrected chi connectivity index (χ3v) is 5.84. The van der Waals surface area contributed by atoms with E-state index in [9.17, 15) is 13.6 Å². The van der Waals surface area contributed by atoms with Crippen LogP contribution >= 0.6 is 11.6 Å². The summed E-state index contributed by atoms with van der Waals surface area (Å²) >= 11 is 6.31. The highest BCUT2D eigenvalue weighted by Crippen LogP contribution is 2.52. The highest BCUT2D eigenvalue weighted by atomic mass is 35.5. The maximum absolute atomic E-state index is 13.3. The molecule has 0 unspecified atom stereocenters. The van der Waals surface area contributed by atoms with Crippen LogP contribution in [0.25, 0.3) is 11.3 Å². The lowest BCUT2D eigenvalue weighted by Crippen LogP contribution is -2.26. The molecule has 0 amide bonds. The number of nitrogens with zero attached hydrogens (tertiary/aromatic N) is 1. The van der Waals surface area contributed by atoms with Crippen LogP contribution < -0.4 is 9.47 Å². The van der Waals surface area contributed by atoms with Gasteiger partial charge < -0.3 is 9.47 Å². The topological polar surface area (TPSA) is 48.4 Å². The largest absolute Gasteiger partial charge is 0.586 e. The highest BCUT2D eigenvalue weighted by Gasteiger charge is 2.52. The second kappa shape index (κ2) is 6.77. The Bertz CT molecular complexity index is 1150. The van der Waals surface area contributed by atoms with Crippen LogP contribution in [0.3, 0.4) is 0 Å². The van der Waals surface area contributed by atoms with Gasteiger partial charge in [-0.1, -0.05) is 48.0 Å². The van der Waals surface area contributed by atoms with E-state index in [4.69, 9.17) is 11.6 Å². The third-order valence-electron chi connectivity index (χ3n) is 5.53. The Hall–Kier alpha value is -2.99. The number of carbonyl (C=O) groups excluding carboxylic acids is 1. The van der Waals surface area contributed by atoms with Crippen LogP contribution in [-0.4, -0.2) is 17.1 Å². The number of hydrogen-bond acceptors (Lipinski definition) is 4. The molecule has 1 saturated carbocycles. The fourth-order valence-corrected chi connectivity index (χ4v) is 4.03. The molecule has 1 fully saturated rings. The summed E-state index contributed by atoms with van der Waals surface area (Å²) in [4.78, 5) is 17.8. The van der Waals surface area contributed by atoms with Crippen molar-refractivity contribution in [3.8, 4) is 22.8 Å². The van der Waals surface area contributed by atoms with Gasteiger partial charge in [0.1, 0.15) is 5.78 Å². The number of rotatable bonds is 5. The zero-order valence-corrected chi connectivity index (χ0v) is 16.5. The Labute approximate surface area is 176 Å². The van der Waals surface area contributed by atoms with Gasteiger partial charge in [-0.05, 0) is 42.7 Å². The standard InChI is InChI=1S/C23H16ClF2NO3/c24-17-8-7-16(27-21(17)14-4-2-1-3-5-14)13-20(28)22(10-11-22)15-6-9-18-19(12-15)30-23(25,26)29-18/h1-9,12H,10-11,13H2. The van der Waals surface area contributed by atoms with Gasteiger partial charge in [0.15, 0.2) is 11.5 Å². The fourth-order valence-electron chi connectivity index (χ4n) is 3.81. The number of ketones is 1. The molecule has 4 nitrogen and oxygen atoms in total. The summed E-state index contributed by atoms with van der Waals surface area (Å²) in [6.07, 6.45) is -2.24. The Morgan fingerprint density at radius 3 is 2.47 bits per heavy atom. The predicted molar refractivity (Wildman–Crippen MR) is 107 cm³/mol. The van der Waals surface area contributed by atoms with Crippen molar-refractivity contribution in [2.24, 2.45) is 0 Å². The Kier molecular flexibility index (Phi) is 4.29. The molecule has 0 bridgehead atoms. The molecule has 152 valence electrons. The highest BCUT2D eigenvalue weighted by molar-refractivity contribution is 6.33. The minimum Gasteiger partial charge on any atom is -0.395 e. The van der Waals surface area contributed by atoms with E-state index in [1.807, 2.05) is 30.3 Å². The summed E-state index contributed by atoms with van der Waals surface area (Å²) in [5, 5.41) is 0.509. The SMILES string of the molecule is O=C(Cc1ccc(Cl)c(-c2ccccc2)n1)C1(c2ccc3c(c2)OC(F)(F)O3)CC1. The maximum atomic E-state index is 13.3. The van der Waals surface area contributed by atoms with Crippen LogP contribution in [0.1, 0.15) is 24.1 Å². The average Bonchev–Trinajstić information content (AvgIpc) is 3.47. The van der Waals surface area contributed by atoms with Gasteiger partial charge in [0.05, 0.1) is 16.1 Å². The lowest BCUT2D eigenvalue weighted by Gasteiger charge is -2.15. The van der Waals surface area contributed by atoms with Crippen molar-refractivity contribution in [2.45, 2.75) is 31.0 Å². The first-order valence-corrected chi connectivity index (χ1v) is 9.89. The number of hydrogen-bond donors (Lipinski definition) is 0. The number of halogens is 3. The van der Waals surface area contributed by atoms with Crippen molar-refractivity contribution >= 4 is 17.4 Å². The zero-order valence-electron chi connectivity index (χ0n) is 15.7. The van der Waals surface area contributed by atoms with Gasteiger partial charge in [-0.15, -0.1) is 8.78 Å². The molecule has 0 radical (unpaired) electrons. The summed E-state index contributed by atoms with van der Waals surface area (Å²) in [6.45, 7) is 0. The number of carbonyl (C=O) groups is 1. The van der Waals surface area contributed by atoms with Crippen molar-refractivity contribution in [2.75, 3.05) is 0 Å². The van der Waals surface area contributed by atoms with Crippen LogP contribution in [-0.2, 0) is 16.6 Å². The fraction of sp³-hybridized carbons (Fsp3) is 0.217. The van der Waals surface area contributed by atoms with Crippen molar-refractivity contribution in [3.05, 3.63) is 76.9 Å². The van der Waals surface area contributed by atoms with Crippen LogP contribution in [0, 0.1) is 0 Å². The van der Waals surface area contributed by atoms with Crippen molar-refractivity contribution in [1.29, 1.82) is 0 Å². The number of alkyl halides is 2. The second-order valence-corrected chi connectivity index (χ2v) is 7.92. The molecule has 0 saturated heterocycles. The minimum atomic E-state index is -3.68. The molecule has 5 rings (SSSR count). The molecule has 0 atom stereocenters. The van der Waals surface area contributed by atoms with E-state index in [0.29, 0.717) is 34.8 Å². The lowest BCUT2D eigenvalue weighted by atomic mass is 9.88. The van der Waals surface area contributed by atoms with Gasteiger partial charge >= 0.3 is 6.29 Å². The summed E-state index contributed by atoms with van der Waals surface area (Å²) in [5.41, 5.74) is 2.06. The first-order valence-electron chi connectivity index (χ1n) is 9.51. The number of Topliss-reactive ketones (excluding diaryl/α,β-unsaturated/α-hetero) is 1. The molecule has 2 aromatic carbocycles. The van der Waals surface area contributed by atoms with Gasteiger partial charge in [0.25, 0.3) is 0 Å². The molecule has 1 aromatic heterocycles. The van der Waals surface area contributed by atoms with Crippen LogP contribution in [0.5, 0.6) is 11.5 Å². The smallest absolute Gasteiger partial charge is 0.395 e. The van der Waals surface area contributed by atoms with Crippen molar-refractivity contribution in [1.82, 2.24) is 4.98 Å². The first kappa shape index (κ1) is 19.0. The molecule has 3 aromatic rings. The summed E-state index contributed by atoms with van der Waals surface area (Å²) in [6, 6.07) is 17.5. The average molecular weight is 428 g/mol. The summed E-state index contributed by atoms with van der Waals surface area (Å²) < 4.78 is 35.6. The number of aromatic nitrogens is 1. The maximum Gasteiger partial charge on any atom is 0.586 e. The van der Waals surface area contributed by atoms with Crippen molar-refractivity contribution in [3.63, 3.8) is 0 Å². The number of pyridine rings is 1. The Morgan fingerprint density at radius 2 is 1.73 bits per heavy atom. The molecule has 0 N–H and O–H groups in total. The van der Waals surface area contributed by atoms with E-state index in [2.05, 4.69) is 14.5 Å². The Morgan fingerprint density at radius 1 is 1.00 bits per heavy atom. The molecule has 0 spiro atoms.